The van der Waals surface area contributed by atoms with Gasteiger partial charge in [0.25, 0.3) is 0 Å². The van der Waals surface area contributed by atoms with E-state index in [2.05, 4.69) is 10.3 Å². The largest absolute Gasteiger partial charge is 0.324 e. The van der Waals surface area contributed by atoms with Crippen LogP contribution in [0.4, 0.5) is 18.9 Å². The van der Waals surface area contributed by atoms with Gasteiger partial charge in [-0.25, -0.2) is 13.2 Å². The van der Waals surface area contributed by atoms with Crippen molar-refractivity contribution in [2.45, 2.75) is 6.42 Å². The molecule has 0 saturated heterocycles. The zero-order valence-corrected chi connectivity index (χ0v) is 9.66. The Bertz CT molecular complexity index is 579. The van der Waals surface area contributed by atoms with E-state index >= 15 is 0 Å². The topological polar surface area (TPSA) is 42.0 Å². The van der Waals surface area contributed by atoms with Crippen LogP contribution in [0.15, 0.2) is 36.7 Å². The lowest BCUT2D eigenvalue weighted by Crippen LogP contribution is -2.16. The van der Waals surface area contributed by atoms with E-state index < -0.39 is 35.3 Å². The zero-order valence-electron chi connectivity index (χ0n) is 9.66. The van der Waals surface area contributed by atoms with Crippen LogP contribution < -0.4 is 5.32 Å². The molecule has 0 aliphatic heterocycles. The van der Waals surface area contributed by atoms with E-state index in [0.717, 1.165) is 0 Å². The fourth-order valence-corrected chi connectivity index (χ4v) is 1.54. The van der Waals surface area contributed by atoms with Gasteiger partial charge in [-0.2, -0.15) is 0 Å². The van der Waals surface area contributed by atoms with E-state index in [1.54, 1.807) is 12.1 Å². The fourth-order valence-electron chi connectivity index (χ4n) is 1.54. The Morgan fingerprint density at radius 2 is 1.89 bits per heavy atom. The van der Waals surface area contributed by atoms with Crippen molar-refractivity contribution < 1.29 is 18.0 Å². The molecular formula is C13H9F3N2O. The summed E-state index contributed by atoms with van der Waals surface area (Å²) in [6, 6.07) is 4.27. The first kappa shape index (κ1) is 13.1. The van der Waals surface area contributed by atoms with Gasteiger partial charge in [0.15, 0.2) is 0 Å². The first-order valence-corrected chi connectivity index (χ1v) is 5.39. The lowest BCUT2D eigenvalue weighted by atomic mass is 10.1. The Balaban J connectivity index is 2.12. The van der Waals surface area contributed by atoms with Gasteiger partial charge < -0.3 is 5.32 Å². The van der Waals surface area contributed by atoms with E-state index in [-0.39, 0.29) is 0 Å². The number of halogens is 3. The standard InChI is InChI=1S/C13H9F3N2O/c14-8-4-11(15)10(12(16)5-8)6-13(19)18-9-2-1-3-17-7-9/h1-5,7H,6H2,(H,18,19). The second-order valence-corrected chi connectivity index (χ2v) is 3.81. The molecular weight excluding hydrogens is 257 g/mol. The van der Waals surface area contributed by atoms with Crippen LogP contribution in [-0.2, 0) is 11.2 Å². The van der Waals surface area contributed by atoms with Gasteiger partial charge in [0, 0.05) is 23.9 Å². The molecule has 0 saturated carbocycles. The Morgan fingerprint density at radius 1 is 1.21 bits per heavy atom. The molecule has 2 rings (SSSR count). The molecule has 2 aromatic rings. The number of hydrogen-bond acceptors (Lipinski definition) is 2. The molecule has 6 heteroatoms. The molecule has 0 spiro atoms. The Hall–Kier alpha value is -2.37. The summed E-state index contributed by atoms with van der Waals surface area (Å²) in [6.07, 6.45) is 2.40. The number of benzene rings is 1. The number of aromatic nitrogens is 1. The van der Waals surface area contributed by atoms with Crippen LogP contribution in [0.25, 0.3) is 0 Å². The molecule has 1 aromatic heterocycles. The number of amides is 1. The lowest BCUT2D eigenvalue weighted by molar-refractivity contribution is -0.115. The Kier molecular flexibility index (Phi) is 3.79. The highest BCUT2D eigenvalue weighted by molar-refractivity contribution is 5.92. The molecule has 0 bridgehead atoms. The minimum absolute atomic E-state index is 0.412. The SMILES string of the molecule is O=C(Cc1c(F)cc(F)cc1F)Nc1cccnc1. The van der Waals surface area contributed by atoms with Gasteiger partial charge in [0.05, 0.1) is 18.3 Å². The molecule has 1 aromatic carbocycles. The van der Waals surface area contributed by atoms with Crippen LogP contribution in [0.5, 0.6) is 0 Å². The number of anilines is 1. The minimum atomic E-state index is -1.08. The second kappa shape index (κ2) is 5.51. The van der Waals surface area contributed by atoms with Gasteiger partial charge in [0.2, 0.25) is 5.91 Å². The van der Waals surface area contributed by atoms with Crippen molar-refractivity contribution in [2.24, 2.45) is 0 Å². The third kappa shape index (κ3) is 3.31. The van der Waals surface area contributed by atoms with Crippen LogP contribution in [0.2, 0.25) is 0 Å². The van der Waals surface area contributed by atoms with E-state index in [1.165, 1.54) is 12.4 Å². The van der Waals surface area contributed by atoms with Gasteiger partial charge in [-0.1, -0.05) is 0 Å². The van der Waals surface area contributed by atoms with Gasteiger partial charge in [-0.15, -0.1) is 0 Å². The van der Waals surface area contributed by atoms with Crippen molar-refractivity contribution in [3.8, 4) is 0 Å². The first-order chi connectivity index (χ1) is 9.06. The van der Waals surface area contributed by atoms with Gasteiger partial charge in [0.1, 0.15) is 17.5 Å². The molecule has 0 atom stereocenters. The lowest BCUT2D eigenvalue weighted by Gasteiger charge is -2.06. The number of carbonyl (C=O) groups is 1. The van der Waals surface area contributed by atoms with Crippen molar-refractivity contribution >= 4 is 11.6 Å². The number of pyridine rings is 1. The Labute approximate surface area is 107 Å². The molecule has 0 radical (unpaired) electrons. The fraction of sp³-hybridized carbons (Fsp3) is 0.0769. The molecule has 0 aliphatic rings. The summed E-state index contributed by atoms with van der Waals surface area (Å²) in [7, 11) is 0. The van der Waals surface area contributed by atoms with E-state index in [1.807, 2.05) is 0 Å². The third-order valence-electron chi connectivity index (χ3n) is 2.39. The predicted octanol–water partition coefficient (Wildman–Crippen LogP) is 2.68. The molecule has 0 fully saturated rings. The summed E-state index contributed by atoms with van der Waals surface area (Å²) >= 11 is 0. The van der Waals surface area contributed by atoms with Crippen molar-refractivity contribution in [3.63, 3.8) is 0 Å². The molecule has 1 amide bonds. The number of carbonyl (C=O) groups excluding carboxylic acids is 1. The van der Waals surface area contributed by atoms with Crippen molar-refractivity contribution in [3.05, 3.63) is 59.7 Å². The highest BCUT2D eigenvalue weighted by Gasteiger charge is 2.15. The van der Waals surface area contributed by atoms with E-state index in [4.69, 9.17) is 0 Å². The van der Waals surface area contributed by atoms with Crippen LogP contribution in [-0.4, -0.2) is 10.9 Å². The summed E-state index contributed by atoms with van der Waals surface area (Å²) in [4.78, 5) is 15.4. The summed E-state index contributed by atoms with van der Waals surface area (Å²) < 4.78 is 39.4. The van der Waals surface area contributed by atoms with Crippen LogP contribution in [0.1, 0.15) is 5.56 Å². The van der Waals surface area contributed by atoms with Crippen molar-refractivity contribution in [2.75, 3.05) is 5.32 Å². The molecule has 1 heterocycles. The average Bonchev–Trinajstić information content (AvgIpc) is 2.35. The van der Waals surface area contributed by atoms with Crippen LogP contribution in [0.3, 0.4) is 0 Å². The first-order valence-electron chi connectivity index (χ1n) is 5.39. The van der Waals surface area contributed by atoms with Gasteiger partial charge in [-0.05, 0) is 12.1 Å². The smallest absolute Gasteiger partial charge is 0.229 e. The highest BCUT2D eigenvalue weighted by Crippen LogP contribution is 2.16. The molecule has 0 unspecified atom stereocenters. The molecule has 0 aliphatic carbocycles. The number of hydrogen-bond donors (Lipinski definition) is 1. The molecule has 98 valence electrons. The average molecular weight is 266 g/mol. The maximum atomic E-state index is 13.3. The summed E-state index contributed by atoms with van der Waals surface area (Å²) in [5.41, 5.74) is -0.0572. The zero-order chi connectivity index (χ0) is 13.8. The van der Waals surface area contributed by atoms with Gasteiger partial charge in [-0.3, -0.25) is 9.78 Å². The van der Waals surface area contributed by atoms with Crippen molar-refractivity contribution in [1.29, 1.82) is 0 Å². The second-order valence-electron chi connectivity index (χ2n) is 3.81. The maximum absolute atomic E-state index is 13.3. The Morgan fingerprint density at radius 3 is 2.47 bits per heavy atom. The predicted molar refractivity (Wildman–Crippen MR) is 62.9 cm³/mol. The quantitative estimate of drug-likeness (QED) is 0.928. The summed E-state index contributed by atoms with van der Waals surface area (Å²) in [5, 5.41) is 2.43. The van der Waals surface area contributed by atoms with Crippen molar-refractivity contribution in [1.82, 2.24) is 4.98 Å². The number of rotatable bonds is 3. The van der Waals surface area contributed by atoms with Crippen LogP contribution >= 0.6 is 0 Å². The minimum Gasteiger partial charge on any atom is -0.324 e. The maximum Gasteiger partial charge on any atom is 0.229 e. The van der Waals surface area contributed by atoms with Gasteiger partial charge >= 0.3 is 0 Å². The summed E-state index contributed by atoms with van der Waals surface area (Å²) in [6.45, 7) is 0. The third-order valence-corrected chi connectivity index (χ3v) is 2.39. The molecule has 19 heavy (non-hydrogen) atoms. The molecule has 1 N–H and O–H groups in total. The van der Waals surface area contributed by atoms with E-state index in [0.29, 0.717) is 17.8 Å². The summed E-state index contributed by atoms with van der Waals surface area (Å²) in [5.74, 6) is -3.80. The number of nitrogens with one attached hydrogen (secondary N) is 1. The normalized spacial score (nSPS) is 10.3. The van der Waals surface area contributed by atoms with E-state index in [9.17, 15) is 18.0 Å². The number of nitrogens with zero attached hydrogens (tertiary/aromatic N) is 1. The van der Waals surface area contributed by atoms with Crippen LogP contribution in [0, 0.1) is 17.5 Å². The monoisotopic (exact) mass is 266 g/mol. The highest BCUT2D eigenvalue weighted by atomic mass is 19.1. The molecule has 3 nitrogen and oxygen atoms in total.